The van der Waals surface area contributed by atoms with Crippen molar-refractivity contribution in [2.24, 2.45) is 0 Å². The van der Waals surface area contributed by atoms with Gasteiger partial charge in [0.25, 0.3) is 5.91 Å². The van der Waals surface area contributed by atoms with Gasteiger partial charge in [-0.2, -0.15) is 0 Å². The van der Waals surface area contributed by atoms with Gasteiger partial charge in [-0.1, -0.05) is 6.07 Å². The first-order chi connectivity index (χ1) is 12.8. The topological polar surface area (TPSA) is 84.0 Å². The van der Waals surface area contributed by atoms with Crippen LogP contribution in [-0.2, 0) is 6.42 Å². The zero-order valence-electron chi connectivity index (χ0n) is 14.4. The lowest BCUT2D eigenvalue weighted by Gasteiger charge is -2.35. The van der Waals surface area contributed by atoms with Crippen molar-refractivity contribution >= 4 is 5.91 Å². The average Bonchev–Trinajstić information content (AvgIpc) is 3.17. The highest BCUT2D eigenvalue weighted by molar-refractivity contribution is 5.94. The number of nitrogens with zero attached hydrogens (tertiary/aromatic N) is 4. The number of hydrogen-bond donors (Lipinski definition) is 1. The molecule has 1 aliphatic heterocycles. The Kier molecular flexibility index (Phi) is 4.35. The summed E-state index contributed by atoms with van der Waals surface area (Å²) in [7, 11) is 0. The third-order valence-corrected chi connectivity index (χ3v) is 4.46. The number of carbonyl (C=O) groups is 1. The van der Waals surface area contributed by atoms with E-state index in [9.17, 15) is 4.79 Å². The van der Waals surface area contributed by atoms with Crippen LogP contribution in [0.5, 0.6) is 5.88 Å². The van der Waals surface area contributed by atoms with Crippen LogP contribution in [0.15, 0.2) is 49.2 Å². The van der Waals surface area contributed by atoms with E-state index in [-0.39, 0.29) is 11.9 Å². The molecule has 4 rings (SSSR count). The summed E-state index contributed by atoms with van der Waals surface area (Å²) >= 11 is 0. The fourth-order valence-electron chi connectivity index (χ4n) is 3.28. The van der Waals surface area contributed by atoms with Crippen LogP contribution in [0.2, 0.25) is 0 Å². The van der Waals surface area contributed by atoms with E-state index in [0.717, 1.165) is 23.4 Å². The third-order valence-electron chi connectivity index (χ3n) is 4.46. The van der Waals surface area contributed by atoms with Gasteiger partial charge in [-0.05, 0) is 24.6 Å². The Balaban J connectivity index is 1.69. The molecule has 1 unspecified atom stereocenters. The van der Waals surface area contributed by atoms with Gasteiger partial charge in [0.15, 0.2) is 0 Å². The third kappa shape index (κ3) is 2.92. The highest BCUT2D eigenvalue weighted by Crippen LogP contribution is 2.33. The van der Waals surface area contributed by atoms with E-state index in [1.807, 2.05) is 24.0 Å². The summed E-state index contributed by atoms with van der Waals surface area (Å²) in [5.74, 6) is 0.434. The number of carbonyl (C=O) groups excluding carboxylic acids is 1. The number of rotatable bonds is 4. The molecule has 1 amide bonds. The van der Waals surface area contributed by atoms with E-state index in [1.54, 1.807) is 37.1 Å². The highest BCUT2D eigenvalue weighted by atomic mass is 16.5. The number of aromatic amines is 1. The molecule has 7 nitrogen and oxygen atoms in total. The van der Waals surface area contributed by atoms with E-state index in [4.69, 9.17) is 4.74 Å². The number of aromatic nitrogens is 4. The summed E-state index contributed by atoms with van der Waals surface area (Å²) in [6, 6.07) is 7.05. The van der Waals surface area contributed by atoms with Crippen LogP contribution in [0.3, 0.4) is 0 Å². The Morgan fingerprint density at radius 2 is 2.23 bits per heavy atom. The second-order valence-electron chi connectivity index (χ2n) is 6.02. The van der Waals surface area contributed by atoms with E-state index in [2.05, 4.69) is 19.9 Å². The number of H-pyrrole nitrogens is 1. The molecule has 0 saturated carbocycles. The maximum atomic E-state index is 13.2. The van der Waals surface area contributed by atoms with Crippen LogP contribution in [0.25, 0.3) is 0 Å². The molecule has 1 aliphatic rings. The Labute approximate surface area is 151 Å². The smallest absolute Gasteiger partial charge is 0.256 e. The quantitative estimate of drug-likeness (QED) is 0.782. The number of nitrogens with one attached hydrogen (secondary N) is 1. The van der Waals surface area contributed by atoms with Crippen molar-refractivity contribution in [3.8, 4) is 5.88 Å². The average molecular weight is 349 g/mol. The molecule has 7 heteroatoms. The first-order valence-corrected chi connectivity index (χ1v) is 8.60. The molecule has 0 spiro atoms. The molecule has 0 fully saturated rings. The predicted octanol–water partition coefficient (Wildman–Crippen LogP) is 2.39. The van der Waals surface area contributed by atoms with Crippen molar-refractivity contribution < 1.29 is 9.53 Å². The highest BCUT2D eigenvalue weighted by Gasteiger charge is 2.34. The van der Waals surface area contributed by atoms with Gasteiger partial charge in [-0.25, -0.2) is 9.97 Å². The van der Waals surface area contributed by atoms with Crippen LogP contribution >= 0.6 is 0 Å². The van der Waals surface area contributed by atoms with Crippen molar-refractivity contribution in [1.29, 1.82) is 0 Å². The summed E-state index contributed by atoms with van der Waals surface area (Å²) in [4.78, 5) is 31.1. The fourth-order valence-corrected chi connectivity index (χ4v) is 3.28. The van der Waals surface area contributed by atoms with Crippen LogP contribution < -0.4 is 4.74 Å². The Morgan fingerprint density at radius 3 is 2.96 bits per heavy atom. The number of amides is 1. The SMILES string of the molecule is CCOc1ccc(C(=O)N2CCc3[nH]cnc3C2c2cccnc2)cn1. The number of ether oxygens (including phenoxy) is 1. The molecule has 132 valence electrons. The van der Waals surface area contributed by atoms with Gasteiger partial charge in [0.05, 0.1) is 24.2 Å². The van der Waals surface area contributed by atoms with Crippen molar-refractivity contribution in [2.45, 2.75) is 19.4 Å². The lowest BCUT2D eigenvalue weighted by molar-refractivity contribution is 0.0690. The summed E-state index contributed by atoms with van der Waals surface area (Å²) < 4.78 is 5.35. The van der Waals surface area contributed by atoms with Gasteiger partial charge < -0.3 is 14.6 Å². The van der Waals surface area contributed by atoms with Crippen molar-refractivity contribution in [2.75, 3.05) is 13.2 Å². The van der Waals surface area contributed by atoms with Gasteiger partial charge in [0, 0.05) is 43.3 Å². The molecule has 0 aromatic carbocycles. The number of imidazole rings is 1. The van der Waals surface area contributed by atoms with E-state index < -0.39 is 0 Å². The fraction of sp³-hybridized carbons (Fsp3) is 0.263. The molecular formula is C19H19N5O2. The van der Waals surface area contributed by atoms with Crippen LogP contribution in [-0.4, -0.2) is 43.9 Å². The van der Waals surface area contributed by atoms with Crippen LogP contribution in [0, 0.1) is 0 Å². The van der Waals surface area contributed by atoms with Gasteiger partial charge in [-0.3, -0.25) is 9.78 Å². The molecule has 0 radical (unpaired) electrons. The molecule has 1 atom stereocenters. The first kappa shape index (κ1) is 16.3. The Hall–Kier alpha value is -3.22. The monoisotopic (exact) mass is 349 g/mol. The number of pyridine rings is 2. The second kappa shape index (κ2) is 6.95. The summed E-state index contributed by atoms with van der Waals surface area (Å²) in [5, 5.41) is 0. The zero-order chi connectivity index (χ0) is 17.9. The zero-order valence-corrected chi connectivity index (χ0v) is 14.4. The van der Waals surface area contributed by atoms with Crippen molar-refractivity contribution in [3.05, 3.63) is 71.7 Å². The standard InChI is InChI=1S/C19H19N5O2/c1-2-26-16-6-5-14(11-21-16)19(25)24-9-7-15-17(23-12-22-15)18(24)13-4-3-8-20-10-13/h3-6,8,10-12,18H,2,7,9H2,1H3,(H,22,23). The minimum Gasteiger partial charge on any atom is -0.478 e. The number of hydrogen-bond acceptors (Lipinski definition) is 5. The van der Waals surface area contributed by atoms with Crippen molar-refractivity contribution in [1.82, 2.24) is 24.8 Å². The van der Waals surface area contributed by atoms with Crippen molar-refractivity contribution in [3.63, 3.8) is 0 Å². The molecule has 0 bridgehead atoms. The Morgan fingerprint density at radius 1 is 1.31 bits per heavy atom. The molecule has 0 aliphatic carbocycles. The summed E-state index contributed by atoms with van der Waals surface area (Å²) in [6.07, 6.45) is 7.49. The molecular weight excluding hydrogens is 330 g/mol. The van der Waals surface area contributed by atoms with Gasteiger partial charge in [-0.15, -0.1) is 0 Å². The molecule has 26 heavy (non-hydrogen) atoms. The lowest BCUT2D eigenvalue weighted by atomic mass is 9.96. The number of fused-ring (bicyclic) bond motifs is 1. The van der Waals surface area contributed by atoms with Gasteiger partial charge in [0.2, 0.25) is 5.88 Å². The lowest BCUT2D eigenvalue weighted by Crippen LogP contribution is -2.40. The van der Waals surface area contributed by atoms with E-state index >= 15 is 0 Å². The van der Waals surface area contributed by atoms with E-state index in [0.29, 0.717) is 24.6 Å². The normalized spacial score (nSPS) is 16.2. The molecule has 3 aromatic heterocycles. The maximum absolute atomic E-state index is 13.2. The minimum absolute atomic E-state index is 0.0805. The maximum Gasteiger partial charge on any atom is 0.256 e. The van der Waals surface area contributed by atoms with E-state index in [1.165, 1.54) is 0 Å². The minimum atomic E-state index is -0.266. The second-order valence-corrected chi connectivity index (χ2v) is 6.02. The molecule has 1 N–H and O–H groups in total. The predicted molar refractivity (Wildman–Crippen MR) is 94.8 cm³/mol. The molecule has 0 saturated heterocycles. The molecule has 4 heterocycles. The van der Waals surface area contributed by atoms with Crippen LogP contribution in [0.1, 0.15) is 40.3 Å². The van der Waals surface area contributed by atoms with Gasteiger partial charge in [0.1, 0.15) is 6.04 Å². The molecule has 3 aromatic rings. The first-order valence-electron chi connectivity index (χ1n) is 8.60. The van der Waals surface area contributed by atoms with Gasteiger partial charge >= 0.3 is 0 Å². The Bertz CT molecular complexity index is 892. The summed E-state index contributed by atoms with van der Waals surface area (Å²) in [6.45, 7) is 3.03. The van der Waals surface area contributed by atoms with Crippen LogP contribution in [0.4, 0.5) is 0 Å². The summed E-state index contributed by atoms with van der Waals surface area (Å²) in [5.41, 5.74) is 3.40. The largest absolute Gasteiger partial charge is 0.478 e.